The third-order valence-electron chi connectivity index (χ3n) is 3.85. The standard InChI is InChI=1S/C9H16N6.ClH/c1-5-4-6(10)8-3-2-7(5)15(8)9-11-13-14-12-9;/h5-8H,2-4,10H2,1H3,(H,11,12,13,14);1H/t5-,6-,7+,8-;/m1./s1. The number of nitrogens with zero attached hydrogens (tertiary/aromatic N) is 4. The van der Waals surface area contributed by atoms with Gasteiger partial charge in [-0.2, -0.15) is 0 Å². The molecule has 3 heterocycles. The number of aromatic nitrogens is 4. The molecule has 3 N–H and O–H groups in total. The Bertz CT molecular complexity index is 326. The summed E-state index contributed by atoms with van der Waals surface area (Å²) >= 11 is 0. The quantitative estimate of drug-likeness (QED) is 0.744. The van der Waals surface area contributed by atoms with Crippen molar-refractivity contribution in [3.8, 4) is 0 Å². The second-order valence-corrected chi connectivity index (χ2v) is 4.72. The lowest BCUT2D eigenvalue weighted by atomic mass is 9.89. The highest BCUT2D eigenvalue weighted by atomic mass is 35.5. The molecule has 90 valence electrons. The molecule has 0 amide bonds. The van der Waals surface area contributed by atoms with Crippen LogP contribution in [0.15, 0.2) is 0 Å². The van der Waals surface area contributed by atoms with E-state index >= 15 is 0 Å². The molecule has 4 atom stereocenters. The highest BCUT2D eigenvalue weighted by Gasteiger charge is 2.45. The van der Waals surface area contributed by atoms with Gasteiger partial charge >= 0.3 is 0 Å². The van der Waals surface area contributed by atoms with Crippen molar-refractivity contribution >= 4 is 18.4 Å². The van der Waals surface area contributed by atoms with Gasteiger partial charge in [-0.05, 0) is 35.6 Å². The van der Waals surface area contributed by atoms with Crippen molar-refractivity contribution in [1.29, 1.82) is 0 Å². The van der Waals surface area contributed by atoms with Crippen LogP contribution in [0.2, 0.25) is 0 Å². The molecule has 2 aliphatic heterocycles. The van der Waals surface area contributed by atoms with Crippen molar-refractivity contribution in [2.45, 2.75) is 44.3 Å². The van der Waals surface area contributed by atoms with Gasteiger partial charge in [0.15, 0.2) is 0 Å². The third kappa shape index (κ3) is 1.56. The van der Waals surface area contributed by atoms with Crippen LogP contribution in [0, 0.1) is 5.92 Å². The van der Waals surface area contributed by atoms with Crippen LogP contribution in [-0.2, 0) is 0 Å². The number of aromatic amines is 1. The summed E-state index contributed by atoms with van der Waals surface area (Å²) in [5.74, 6) is 1.41. The van der Waals surface area contributed by atoms with Crippen molar-refractivity contribution in [1.82, 2.24) is 20.6 Å². The topological polar surface area (TPSA) is 83.7 Å². The van der Waals surface area contributed by atoms with Crippen LogP contribution in [0.4, 0.5) is 5.95 Å². The fourth-order valence-corrected chi connectivity index (χ4v) is 3.17. The van der Waals surface area contributed by atoms with Crippen molar-refractivity contribution in [3.63, 3.8) is 0 Å². The van der Waals surface area contributed by atoms with Crippen LogP contribution in [0.1, 0.15) is 26.2 Å². The first-order valence-corrected chi connectivity index (χ1v) is 5.55. The number of rotatable bonds is 1. The Labute approximate surface area is 100 Å². The lowest BCUT2D eigenvalue weighted by molar-refractivity contribution is 0.318. The summed E-state index contributed by atoms with van der Waals surface area (Å²) < 4.78 is 0. The summed E-state index contributed by atoms with van der Waals surface area (Å²) in [5.41, 5.74) is 6.18. The Morgan fingerprint density at radius 3 is 2.81 bits per heavy atom. The fraction of sp³-hybridized carbons (Fsp3) is 0.889. The van der Waals surface area contributed by atoms with Crippen molar-refractivity contribution in [2.75, 3.05) is 4.90 Å². The van der Waals surface area contributed by atoms with Gasteiger partial charge in [0.05, 0.1) is 0 Å². The number of halogens is 1. The first-order chi connectivity index (χ1) is 7.27. The Morgan fingerprint density at radius 2 is 2.12 bits per heavy atom. The molecule has 0 saturated carbocycles. The summed E-state index contributed by atoms with van der Waals surface area (Å²) in [6.45, 7) is 2.27. The van der Waals surface area contributed by atoms with Gasteiger partial charge in [0.2, 0.25) is 5.95 Å². The largest absolute Gasteiger partial charge is 0.332 e. The van der Waals surface area contributed by atoms with E-state index in [-0.39, 0.29) is 18.4 Å². The van der Waals surface area contributed by atoms with Gasteiger partial charge in [0.25, 0.3) is 0 Å². The van der Waals surface area contributed by atoms with Crippen LogP contribution in [-0.4, -0.2) is 38.7 Å². The SMILES string of the molecule is C[C@@H]1C[C@@H](N)[C@H]2CC[C@@H]1N2c1nnn[nH]1.Cl. The Hall–Kier alpha value is -0.880. The molecule has 16 heavy (non-hydrogen) atoms. The summed E-state index contributed by atoms with van der Waals surface area (Å²) in [4.78, 5) is 2.29. The summed E-state index contributed by atoms with van der Waals surface area (Å²) in [6.07, 6.45) is 3.49. The van der Waals surface area contributed by atoms with E-state index < -0.39 is 0 Å². The van der Waals surface area contributed by atoms with Crippen molar-refractivity contribution in [2.24, 2.45) is 11.7 Å². The van der Waals surface area contributed by atoms with Gasteiger partial charge in [-0.25, -0.2) is 5.10 Å². The predicted molar refractivity (Wildman–Crippen MR) is 62.5 cm³/mol. The van der Waals surface area contributed by atoms with Gasteiger partial charge in [-0.15, -0.1) is 12.4 Å². The van der Waals surface area contributed by atoms with Crippen molar-refractivity contribution in [3.05, 3.63) is 0 Å². The second kappa shape index (κ2) is 4.18. The van der Waals surface area contributed by atoms with E-state index in [1.807, 2.05) is 0 Å². The maximum absolute atomic E-state index is 6.18. The zero-order chi connectivity index (χ0) is 10.4. The van der Waals surface area contributed by atoms with Gasteiger partial charge < -0.3 is 10.6 Å². The predicted octanol–water partition coefficient (Wildman–Crippen LogP) is 0.326. The molecule has 2 aliphatic rings. The molecule has 0 spiro atoms. The highest BCUT2D eigenvalue weighted by molar-refractivity contribution is 5.85. The van der Waals surface area contributed by atoms with E-state index in [1.54, 1.807) is 0 Å². The molecule has 6 nitrogen and oxygen atoms in total. The minimum atomic E-state index is 0. The summed E-state index contributed by atoms with van der Waals surface area (Å²) in [6, 6.07) is 1.23. The highest BCUT2D eigenvalue weighted by Crippen LogP contribution is 2.39. The normalized spacial score (nSPS) is 37.2. The number of hydrogen-bond acceptors (Lipinski definition) is 5. The molecule has 0 aliphatic carbocycles. The number of anilines is 1. The summed E-state index contributed by atoms with van der Waals surface area (Å²) in [7, 11) is 0. The minimum absolute atomic E-state index is 0. The molecular formula is C9H17ClN6. The van der Waals surface area contributed by atoms with Crippen LogP contribution in [0.25, 0.3) is 0 Å². The molecule has 7 heteroatoms. The monoisotopic (exact) mass is 244 g/mol. The lowest BCUT2D eigenvalue weighted by Crippen LogP contribution is -2.54. The molecule has 2 fully saturated rings. The van der Waals surface area contributed by atoms with E-state index in [2.05, 4.69) is 32.4 Å². The van der Waals surface area contributed by atoms with Gasteiger partial charge in [-0.1, -0.05) is 12.0 Å². The molecule has 1 aromatic rings. The lowest BCUT2D eigenvalue weighted by Gasteiger charge is -2.41. The molecule has 2 saturated heterocycles. The van der Waals surface area contributed by atoms with Gasteiger partial charge in [0, 0.05) is 18.1 Å². The molecule has 0 unspecified atom stereocenters. The fourth-order valence-electron chi connectivity index (χ4n) is 3.17. The maximum Gasteiger partial charge on any atom is 0.243 e. The van der Waals surface area contributed by atoms with E-state index in [1.165, 1.54) is 6.42 Å². The molecule has 2 bridgehead atoms. The average Bonchev–Trinajstić information content (AvgIpc) is 2.83. The number of nitrogens with one attached hydrogen (secondary N) is 1. The van der Waals surface area contributed by atoms with Crippen LogP contribution < -0.4 is 10.6 Å². The maximum atomic E-state index is 6.18. The van der Waals surface area contributed by atoms with E-state index in [4.69, 9.17) is 5.73 Å². The Morgan fingerprint density at radius 1 is 1.38 bits per heavy atom. The molecule has 0 radical (unpaired) electrons. The van der Waals surface area contributed by atoms with E-state index in [0.29, 0.717) is 18.0 Å². The minimum Gasteiger partial charge on any atom is -0.332 e. The Kier molecular flexibility index (Phi) is 3.03. The molecule has 3 rings (SSSR count). The molecule has 1 aromatic heterocycles. The number of H-pyrrole nitrogens is 1. The smallest absolute Gasteiger partial charge is 0.243 e. The average molecular weight is 245 g/mol. The number of hydrogen-bond donors (Lipinski definition) is 2. The third-order valence-corrected chi connectivity index (χ3v) is 3.85. The first-order valence-electron chi connectivity index (χ1n) is 5.55. The second-order valence-electron chi connectivity index (χ2n) is 4.72. The van der Waals surface area contributed by atoms with E-state index in [9.17, 15) is 0 Å². The van der Waals surface area contributed by atoms with E-state index in [0.717, 1.165) is 18.8 Å². The number of fused-ring (bicyclic) bond motifs is 2. The zero-order valence-electron chi connectivity index (χ0n) is 9.21. The zero-order valence-corrected chi connectivity index (χ0v) is 10.0. The molecular weight excluding hydrogens is 228 g/mol. The number of piperidine rings is 1. The number of tetrazole rings is 1. The first kappa shape index (κ1) is 11.6. The summed E-state index contributed by atoms with van der Waals surface area (Å²) in [5, 5.41) is 14.1. The number of nitrogens with two attached hydrogens (primary N) is 1. The van der Waals surface area contributed by atoms with Crippen molar-refractivity contribution < 1.29 is 0 Å². The van der Waals surface area contributed by atoms with Crippen LogP contribution >= 0.6 is 12.4 Å². The van der Waals surface area contributed by atoms with Gasteiger partial charge in [-0.3, -0.25) is 0 Å². The Balaban J connectivity index is 0.000000963. The molecule has 0 aromatic carbocycles. The van der Waals surface area contributed by atoms with Crippen LogP contribution in [0.3, 0.4) is 0 Å². The van der Waals surface area contributed by atoms with Gasteiger partial charge in [0.1, 0.15) is 0 Å². The van der Waals surface area contributed by atoms with Crippen LogP contribution in [0.5, 0.6) is 0 Å².